The molecule has 0 saturated heterocycles. The van der Waals surface area contributed by atoms with Gasteiger partial charge in [-0.15, -0.1) is 0 Å². The predicted octanol–water partition coefficient (Wildman–Crippen LogP) is 1.51. The monoisotopic (exact) mass is 238 g/mol. The summed E-state index contributed by atoms with van der Waals surface area (Å²) in [7, 11) is 0. The summed E-state index contributed by atoms with van der Waals surface area (Å²) in [6.07, 6.45) is 4.45. The molecule has 96 valence electrons. The van der Waals surface area contributed by atoms with Crippen LogP contribution in [0.1, 0.15) is 45.4 Å². The van der Waals surface area contributed by atoms with E-state index in [1.165, 1.54) is 0 Å². The van der Waals surface area contributed by atoms with Crippen LogP contribution < -0.4 is 0 Å². The van der Waals surface area contributed by atoms with Crippen LogP contribution in [0.5, 0.6) is 0 Å². The number of rotatable bonds is 0. The SMILES string of the molecule is CC12CCC3C(=O)C(O)CCC3C1CCC2O. The zero-order valence-electron chi connectivity index (χ0n) is 10.4. The minimum absolute atomic E-state index is 0.0315. The van der Waals surface area contributed by atoms with E-state index in [4.69, 9.17) is 0 Å². The second-order valence-electron chi connectivity index (χ2n) is 6.51. The lowest BCUT2D eigenvalue weighted by molar-refractivity contribution is -0.145. The highest BCUT2D eigenvalue weighted by atomic mass is 16.3. The molecule has 6 unspecified atom stereocenters. The van der Waals surface area contributed by atoms with Crippen LogP contribution in [0, 0.1) is 23.2 Å². The standard InChI is InChI=1S/C14H22O3/c1-14-7-6-9-8(2-4-11(15)13(9)17)10(14)3-5-12(14)16/h8-12,15-16H,2-7H2,1H3. The van der Waals surface area contributed by atoms with Gasteiger partial charge in [-0.25, -0.2) is 0 Å². The molecule has 0 aliphatic heterocycles. The van der Waals surface area contributed by atoms with Crippen LogP contribution in [0.4, 0.5) is 0 Å². The van der Waals surface area contributed by atoms with E-state index in [1.807, 2.05) is 0 Å². The molecule has 0 aromatic rings. The van der Waals surface area contributed by atoms with Crippen molar-refractivity contribution in [1.29, 1.82) is 0 Å². The highest BCUT2D eigenvalue weighted by Gasteiger charge is 2.56. The second-order valence-corrected chi connectivity index (χ2v) is 6.51. The number of aliphatic hydroxyl groups excluding tert-OH is 2. The van der Waals surface area contributed by atoms with Crippen molar-refractivity contribution in [3.63, 3.8) is 0 Å². The number of carbonyl (C=O) groups excluding carboxylic acids is 1. The van der Waals surface area contributed by atoms with E-state index >= 15 is 0 Å². The number of Topliss-reactive ketones (excluding diaryl/α,β-unsaturated/α-hetero) is 1. The summed E-state index contributed by atoms with van der Waals surface area (Å²) in [4.78, 5) is 12.0. The molecule has 2 N–H and O–H groups in total. The van der Waals surface area contributed by atoms with Gasteiger partial charge in [-0.2, -0.15) is 0 Å². The molecule has 6 atom stereocenters. The van der Waals surface area contributed by atoms with Crippen molar-refractivity contribution in [2.75, 3.05) is 0 Å². The third-order valence-electron chi connectivity index (χ3n) is 5.85. The third-order valence-corrected chi connectivity index (χ3v) is 5.85. The lowest BCUT2D eigenvalue weighted by atomic mass is 9.56. The molecule has 0 aromatic carbocycles. The molecular weight excluding hydrogens is 216 g/mol. The molecule has 0 amide bonds. The van der Waals surface area contributed by atoms with Crippen molar-refractivity contribution in [2.45, 2.75) is 57.7 Å². The fourth-order valence-electron chi connectivity index (χ4n) is 4.76. The van der Waals surface area contributed by atoms with Gasteiger partial charge in [0, 0.05) is 5.92 Å². The van der Waals surface area contributed by atoms with E-state index in [0.29, 0.717) is 18.3 Å². The molecule has 0 spiro atoms. The van der Waals surface area contributed by atoms with Crippen molar-refractivity contribution in [1.82, 2.24) is 0 Å². The second kappa shape index (κ2) is 3.79. The van der Waals surface area contributed by atoms with Gasteiger partial charge in [0.15, 0.2) is 5.78 Å². The number of carbonyl (C=O) groups is 1. The van der Waals surface area contributed by atoms with Crippen LogP contribution >= 0.6 is 0 Å². The average Bonchev–Trinajstić information content (AvgIpc) is 2.61. The van der Waals surface area contributed by atoms with Crippen LogP contribution in [-0.2, 0) is 4.79 Å². The Labute approximate surface area is 102 Å². The Morgan fingerprint density at radius 1 is 1.12 bits per heavy atom. The molecule has 3 aliphatic rings. The normalized spacial score (nSPS) is 54.3. The molecule has 3 saturated carbocycles. The van der Waals surface area contributed by atoms with Gasteiger partial charge in [-0.1, -0.05) is 6.92 Å². The predicted molar refractivity (Wildman–Crippen MR) is 63.3 cm³/mol. The first-order valence-corrected chi connectivity index (χ1v) is 6.94. The summed E-state index contributed by atoms with van der Waals surface area (Å²) < 4.78 is 0. The van der Waals surface area contributed by atoms with Crippen LogP contribution in [0.15, 0.2) is 0 Å². The lowest BCUT2D eigenvalue weighted by Crippen LogP contribution is -2.49. The third kappa shape index (κ3) is 1.52. The summed E-state index contributed by atoms with van der Waals surface area (Å²) in [6.45, 7) is 2.20. The molecule has 3 aliphatic carbocycles. The lowest BCUT2D eigenvalue weighted by Gasteiger charge is -2.49. The fraction of sp³-hybridized carbons (Fsp3) is 0.929. The minimum Gasteiger partial charge on any atom is -0.393 e. The molecule has 0 radical (unpaired) electrons. The van der Waals surface area contributed by atoms with Crippen molar-refractivity contribution in [3.8, 4) is 0 Å². The first kappa shape index (κ1) is 11.7. The molecule has 3 rings (SSSR count). The topological polar surface area (TPSA) is 57.5 Å². The van der Waals surface area contributed by atoms with Gasteiger partial charge >= 0.3 is 0 Å². The van der Waals surface area contributed by atoms with Crippen LogP contribution in [-0.4, -0.2) is 28.2 Å². The number of ketones is 1. The number of aliphatic hydroxyl groups is 2. The maximum Gasteiger partial charge on any atom is 0.164 e. The first-order valence-electron chi connectivity index (χ1n) is 6.94. The molecule has 0 heterocycles. The van der Waals surface area contributed by atoms with Crippen molar-refractivity contribution >= 4 is 5.78 Å². The summed E-state index contributed by atoms with van der Waals surface area (Å²) in [6, 6.07) is 0. The van der Waals surface area contributed by atoms with E-state index in [-0.39, 0.29) is 23.2 Å². The van der Waals surface area contributed by atoms with E-state index in [0.717, 1.165) is 32.1 Å². The summed E-state index contributed by atoms with van der Waals surface area (Å²) in [5.74, 6) is 1.06. The Balaban J connectivity index is 1.87. The van der Waals surface area contributed by atoms with Gasteiger partial charge in [-0.3, -0.25) is 4.79 Å². The fourth-order valence-corrected chi connectivity index (χ4v) is 4.76. The van der Waals surface area contributed by atoms with E-state index in [9.17, 15) is 15.0 Å². The van der Waals surface area contributed by atoms with Crippen molar-refractivity contribution in [2.24, 2.45) is 23.2 Å². The Kier molecular flexibility index (Phi) is 2.60. The highest BCUT2D eigenvalue weighted by Crippen LogP contribution is 2.58. The maximum absolute atomic E-state index is 12.0. The first-order chi connectivity index (χ1) is 8.04. The number of hydrogen-bond acceptors (Lipinski definition) is 3. The zero-order valence-corrected chi connectivity index (χ0v) is 10.4. The molecule has 0 bridgehead atoms. The maximum atomic E-state index is 12.0. The van der Waals surface area contributed by atoms with Crippen LogP contribution in [0.2, 0.25) is 0 Å². The average molecular weight is 238 g/mol. The highest BCUT2D eigenvalue weighted by molar-refractivity contribution is 5.86. The summed E-state index contributed by atoms with van der Waals surface area (Å²) >= 11 is 0. The number of hydrogen-bond donors (Lipinski definition) is 2. The zero-order chi connectivity index (χ0) is 12.2. The van der Waals surface area contributed by atoms with Crippen molar-refractivity contribution in [3.05, 3.63) is 0 Å². The van der Waals surface area contributed by atoms with Gasteiger partial charge in [0.05, 0.1) is 6.10 Å². The Morgan fingerprint density at radius 3 is 2.65 bits per heavy atom. The van der Waals surface area contributed by atoms with Gasteiger partial charge in [0.25, 0.3) is 0 Å². The minimum atomic E-state index is -0.716. The molecule has 3 heteroatoms. The van der Waals surface area contributed by atoms with Crippen molar-refractivity contribution < 1.29 is 15.0 Å². The molecule has 3 fully saturated rings. The van der Waals surface area contributed by atoms with E-state index < -0.39 is 6.10 Å². The largest absolute Gasteiger partial charge is 0.393 e. The quantitative estimate of drug-likeness (QED) is 0.672. The van der Waals surface area contributed by atoms with Gasteiger partial charge in [0.1, 0.15) is 6.10 Å². The smallest absolute Gasteiger partial charge is 0.164 e. The Morgan fingerprint density at radius 2 is 1.88 bits per heavy atom. The Hall–Kier alpha value is -0.410. The molecule has 0 aromatic heterocycles. The van der Waals surface area contributed by atoms with Crippen LogP contribution in [0.3, 0.4) is 0 Å². The molecule has 3 nitrogen and oxygen atoms in total. The van der Waals surface area contributed by atoms with E-state index in [1.54, 1.807) is 0 Å². The van der Waals surface area contributed by atoms with Gasteiger partial charge in [0.2, 0.25) is 0 Å². The van der Waals surface area contributed by atoms with Gasteiger partial charge < -0.3 is 10.2 Å². The number of fused-ring (bicyclic) bond motifs is 3. The molecule has 17 heavy (non-hydrogen) atoms. The van der Waals surface area contributed by atoms with Gasteiger partial charge in [-0.05, 0) is 55.8 Å². The van der Waals surface area contributed by atoms with Crippen LogP contribution in [0.25, 0.3) is 0 Å². The Bertz CT molecular complexity index is 340. The summed E-state index contributed by atoms with van der Waals surface area (Å²) in [5.41, 5.74) is 0.0315. The molecular formula is C14H22O3. The van der Waals surface area contributed by atoms with E-state index in [2.05, 4.69) is 6.92 Å². The summed E-state index contributed by atoms with van der Waals surface area (Å²) in [5, 5.41) is 19.8.